The van der Waals surface area contributed by atoms with E-state index in [0.29, 0.717) is 0 Å². The Hall–Kier alpha value is -3.24. The number of thioether (sulfide) groups is 1. The highest BCUT2D eigenvalue weighted by molar-refractivity contribution is 7.99. The van der Waals surface area contributed by atoms with Crippen molar-refractivity contribution in [1.82, 2.24) is 19.7 Å². The third-order valence-corrected chi connectivity index (χ3v) is 5.32. The number of para-hydroxylation sites is 1. The van der Waals surface area contributed by atoms with Crippen LogP contribution in [0.5, 0.6) is 0 Å². The second-order valence-corrected chi connectivity index (χ2v) is 7.43. The molecule has 0 unspecified atom stereocenters. The zero-order chi connectivity index (χ0) is 21.3. The molecule has 0 saturated heterocycles. The second-order valence-electron chi connectivity index (χ2n) is 6.08. The Morgan fingerprint density at radius 3 is 2.77 bits per heavy atom. The predicted octanol–water partition coefficient (Wildman–Crippen LogP) is 3.77. The van der Waals surface area contributed by atoms with Crippen molar-refractivity contribution in [3.05, 3.63) is 75.7 Å². The van der Waals surface area contributed by atoms with Gasteiger partial charge in [0.2, 0.25) is 5.91 Å². The molecule has 0 spiro atoms. The maximum absolute atomic E-state index is 13.7. The molecule has 2 heterocycles. The Labute approximate surface area is 177 Å². The molecule has 152 valence electrons. The molecule has 0 aliphatic rings. The SMILES string of the molecule is O=C(CSc1nc2[nH]ncc2c(=O)n1-c1ccc(F)c(Cl)c1)Nc1ccccc1F. The van der Waals surface area contributed by atoms with E-state index in [-0.39, 0.29) is 38.3 Å². The number of fused-ring (bicyclic) bond motifs is 1. The average Bonchev–Trinajstić information content (AvgIpc) is 3.19. The molecule has 0 aliphatic carbocycles. The molecular formula is C19H12ClF2N5O2S. The highest BCUT2D eigenvalue weighted by Gasteiger charge is 2.17. The van der Waals surface area contributed by atoms with E-state index in [4.69, 9.17) is 11.6 Å². The minimum atomic E-state index is -0.635. The van der Waals surface area contributed by atoms with Crippen molar-refractivity contribution in [3.63, 3.8) is 0 Å². The quantitative estimate of drug-likeness (QED) is 0.359. The van der Waals surface area contributed by atoms with Gasteiger partial charge in [-0.25, -0.2) is 13.8 Å². The third kappa shape index (κ3) is 3.91. The maximum atomic E-state index is 13.7. The van der Waals surface area contributed by atoms with Crippen LogP contribution in [0.4, 0.5) is 14.5 Å². The minimum Gasteiger partial charge on any atom is -0.323 e. The summed E-state index contributed by atoms with van der Waals surface area (Å²) in [4.78, 5) is 29.6. The number of carbonyl (C=O) groups is 1. The number of carbonyl (C=O) groups excluding carboxylic acids is 1. The molecule has 2 aromatic heterocycles. The van der Waals surface area contributed by atoms with Crippen molar-refractivity contribution in [2.45, 2.75) is 5.16 Å². The molecule has 0 bridgehead atoms. The van der Waals surface area contributed by atoms with E-state index in [2.05, 4.69) is 20.5 Å². The van der Waals surface area contributed by atoms with Crippen molar-refractivity contribution >= 4 is 46.0 Å². The van der Waals surface area contributed by atoms with E-state index in [9.17, 15) is 18.4 Å². The molecule has 0 saturated carbocycles. The molecule has 7 nitrogen and oxygen atoms in total. The summed E-state index contributed by atoms with van der Waals surface area (Å²) < 4.78 is 28.5. The van der Waals surface area contributed by atoms with Gasteiger partial charge < -0.3 is 5.32 Å². The molecule has 11 heteroatoms. The van der Waals surface area contributed by atoms with Gasteiger partial charge in [-0.1, -0.05) is 35.5 Å². The zero-order valence-corrected chi connectivity index (χ0v) is 16.6. The molecule has 4 aromatic rings. The fourth-order valence-electron chi connectivity index (χ4n) is 2.70. The van der Waals surface area contributed by atoms with Crippen LogP contribution in [-0.2, 0) is 4.79 Å². The summed E-state index contributed by atoms with van der Waals surface area (Å²) in [6, 6.07) is 9.55. The van der Waals surface area contributed by atoms with Crippen LogP contribution in [0.1, 0.15) is 0 Å². The first-order valence-electron chi connectivity index (χ1n) is 8.53. The number of hydrogen-bond donors (Lipinski definition) is 2. The largest absolute Gasteiger partial charge is 0.323 e. The lowest BCUT2D eigenvalue weighted by atomic mass is 10.3. The van der Waals surface area contributed by atoms with Gasteiger partial charge in [0.1, 0.15) is 17.0 Å². The van der Waals surface area contributed by atoms with Crippen LogP contribution in [0.15, 0.2) is 58.6 Å². The fourth-order valence-corrected chi connectivity index (χ4v) is 3.68. The van der Waals surface area contributed by atoms with Crippen LogP contribution < -0.4 is 10.9 Å². The lowest BCUT2D eigenvalue weighted by Gasteiger charge is -2.12. The number of aromatic nitrogens is 4. The normalized spacial score (nSPS) is 11.0. The smallest absolute Gasteiger partial charge is 0.269 e. The van der Waals surface area contributed by atoms with Gasteiger partial charge in [0, 0.05) is 0 Å². The molecule has 30 heavy (non-hydrogen) atoms. The average molecular weight is 448 g/mol. The summed E-state index contributed by atoms with van der Waals surface area (Å²) in [7, 11) is 0. The van der Waals surface area contributed by atoms with Gasteiger partial charge in [0.15, 0.2) is 10.8 Å². The minimum absolute atomic E-state index is 0.0442. The van der Waals surface area contributed by atoms with E-state index < -0.39 is 23.1 Å². The number of amides is 1. The molecule has 0 fully saturated rings. The highest BCUT2D eigenvalue weighted by Crippen LogP contribution is 2.24. The molecular weight excluding hydrogens is 436 g/mol. The summed E-state index contributed by atoms with van der Waals surface area (Å²) in [6.45, 7) is 0. The second kappa shape index (κ2) is 8.25. The molecule has 1 amide bonds. The van der Waals surface area contributed by atoms with Crippen molar-refractivity contribution < 1.29 is 13.6 Å². The number of benzene rings is 2. The summed E-state index contributed by atoms with van der Waals surface area (Å²) in [5.41, 5.74) is 0.0942. The Kier molecular flexibility index (Phi) is 5.51. The van der Waals surface area contributed by atoms with Crippen molar-refractivity contribution in [2.24, 2.45) is 0 Å². The Bertz CT molecular complexity index is 1320. The standard InChI is InChI=1S/C19H12ClF2N5O2S/c20-12-7-10(5-6-13(12)21)27-18(29)11-8-23-26-17(11)25-19(27)30-9-16(28)24-15-4-2-1-3-14(15)22/h1-8H,9H2,(H,23,26)(H,24,28). The molecule has 0 atom stereocenters. The van der Waals surface area contributed by atoms with Crippen LogP contribution in [0.3, 0.4) is 0 Å². The van der Waals surface area contributed by atoms with Gasteiger partial charge in [0.05, 0.1) is 28.3 Å². The van der Waals surface area contributed by atoms with Gasteiger partial charge >= 0.3 is 0 Å². The number of H-pyrrole nitrogens is 1. The van der Waals surface area contributed by atoms with Crippen molar-refractivity contribution in [2.75, 3.05) is 11.1 Å². The summed E-state index contributed by atoms with van der Waals surface area (Å²) in [5, 5.41) is 9.09. The first kappa shape index (κ1) is 20.0. The molecule has 0 radical (unpaired) electrons. The first-order valence-corrected chi connectivity index (χ1v) is 9.89. The summed E-state index contributed by atoms with van der Waals surface area (Å²) >= 11 is 6.81. The summed E-state index contributed by atoms with van der Waals surface area (Å²) in [6.07, 6.45) is 1.33. The number of nitrogens with one attached hydrogen (secondary N) is 2. The number of aromatic amines is 1. The number of anilines is 1. The van der Waals surface area contributed by atoms with Gasteiger partial charge in [-0.3, -0.25) is 19.3 Å². The Morgan fingerprint density at radius 2 is 2.00 bits per heavy atom. The number of rotatable bonds is 5. The van der Waals surface area contributed by atoms with Crippen LogP contribution in [0, 0.1) is 11.6 Å². The van der Waals surface area contributed by atoms with E-state index in [0.717, 1.165) is 17.8 Å². The lowest BCUT2D eigenvalue weighted by molar-refractivity contribution is -0.113. The number of hydrogen-bond acceptors (Lipinski definition) is 5. The van der Waals surface area contributed by atoms with E-state index in [1.807, 2.05) is 0 Å². The first-order chi connectivity index (χ1) is 14.4. The van der Waals surface area contributed by atoms with Crippen LogP contribution in [0.25, 0.3) is 16.7 Å². The van der Waals surface area contributed by atoms with Gasteiger partial charge in [-0.15, -0.1) is 0 Å². The van der Waals surface area contributed by atoms with Gasteiger partial charge in [0.25, 0.3) is 5.56 Å². The van der Waals surface area contributed by atoms with Gasteiger partial charge in [-0.05, 0) is 30.3 Å². The molecule has 2 aromatic carbocycles. The monoisotopic (exact) mass is 447 g/mol. The van der Waals surface area contributed by atoms with E-state index in [1.165, 1.54) is 41.1 Å². The van der Waals surface area contributed by atoms with Crippen molar-refractivity contribution in [3.8, 4) is 5.69 Å². The number of halogens is 3. The fraction of sp³-hybridized carbons (Fsp3) is 0.0526. The predicted molar refractivity (Wildman–Crippen MR) is 110 cm³/mol. The van der Waals surface area contributed by atoms with Crippen LogP contribution in [0.2, 0.25) is 5.02 Å². The molecule has 0 aliphatic heterocycles. The number of nitrogens with zero attached hydrogens (tertiary/aromatic N) is 3. The highest BCUT2D eigenvalue weighted by atomic mass is 35.5. The molecule has 4 rings (SSSR count). The Morgan fingerprint density at radius 1 is 1.20 bits per heavy atom. The van der Waals surface area contributed by atoms with Gasteiger partial charge in [-0.2, -0.15) is 5.10 Å². The zero-order valence-electron chi connectivity index (χ0n) is 15.0. The third-order valence-electron chi connectivity index (χ3n) is 4.09. The summed E-state index contributed by atoms with van der Waals surface area (Å²) in [5.74, 6) is -1.85. The lowest BCUT2D eigenvalue weighted by Crippen LogP contribution is -2.22. The Balaban J connectivity index is 1.67. The maximum Gasteiger partial charge on any atom is 0.269 e. The van der Waals surface area contributed by atoms with Crippen LogP contribution >= 0.6 is 23.4 Å². The van der Waals surface area contributed by atoms with Crippen molar-refractivity contribution in [1.29, 1.82) is 0 Å². The van der Waals surface area contributed by atoms with E-state index >= 15 is 0 Å². The molecule has 2 N–H and O–H groups in total. The van der Waals surface area contributed by atoms with E-state index in [1.54, 1.807) is 6.07 Å². The van der Waals surface area contributed by atoms with Crippen LogP contribution in [-0.4, -0.2) is 31.4 Å². The topological polar surface area (TPSA) is 92.7 Å².